The average molecular weight is 235 g/mol. The van der Waals surface area contributed by atoms with Gasteiger partial charge in [0.05, 0.1) is 0 Å². The molecule has 0 bridgehead atoms. The highest BCUT2D eigenvalue weighted by molar-refractivity contribution is 5.43. The Morgan fingerprint density at radius 2 is 2.00 bits per heavy atom. The minimum atomic E-state index is 0.582. The number of rotatable bonds is 6. The van der Waals surface area contributed by atoms with Crippen LogP contribution in [0.1, 0.15) is 31.9 Å². The highest BCUT2D eigenvalue weighted by Gasteiger charge is 2.09. The van der Waals surface area contributed by atoms with Crippen LogP contribution in [0.5, 0.6) is 0 Å². The number of nitrogens with one attached hydrogen (secondary N) is 1. The third-order valence-corrected chi connectivity index (χ3v) is 2.92. The maximum absolute atomic E-state index is 5.92. The van der Waals surface area contributed by atoms with Gasteiger partial charge in [-0.25, -0.2) is 4.98 Å². The molecule has 0 radical (unpaired) electrons. The van der Waals surface area contributed by atoms with Crippen LogP contribution in [0, 0.1) is 18.8 Å². The second-order valence-electron chi connectivity index (χ2n) is 5.35. The molecule has 0 aliphatic rings. The molecule has 0 fully saturated rings. The summed E-state index contributed by atoms with van der Waals surface area (Å²) >= 11 is 0. The van der Waals surface area contributed by atoms with E-state index >= 15 is 0 Å². The number of nitrogens with two attached hydrogens (primary N) is 1. The fourth-order valence-electron chi connectivity index (χ4n) is 1.91. The van der Waals surface area contributed by atoms with Gasteiger partial charge in [-0.05, 0) is 55.5 Å². The predicted octanol–water partition coefficient (Wildman–Crippen LogP) is 2.40. The Labute approximate surface area is 105 Å². The van der Waals surface area contributed by atoms with Crippen molar-refractivity contribution >= 4 is 5.82 Å². The van der Waals surface area contributed by atoms with Crippen molar-refractivity contribution < 1.29 is 0 Å². The van der Waals surface area contributed by atoms with Gasteiger partial charge in [-0.2, -0.15) is 0 Å². The van der Waals surface area contributed by atoms with Crippen LogP contribution in [0.3, 0.4) is 0 Å². The molecule has 17 heavy (non-hydrogen) atoms. The summed E-state index contributed by atoms with van der Waals surface area (Å²) in [6.07, 6.45) is 2.77. The molecule has 1 aromatic rings. The quantitative estimate of drug-likeness (QED) is 0.796. The molecule has 0 saturated carbocycles. The molecule has 1 atom stereocenters. The summed E-state index contributed by atoms with van der Waals surface area (Å²) in [6, 6.07) is 2.03. The van der Waals surface area contributed by atoms with Gasteiger partial charge in [-0.3, -0.25) is 0 Å². The van der Waals surface area contributed by atoms with E-state index in [0.717, 1.165) is 19.5 Å². The van der Waals surface area contributed by atoms with Crippen LogP contribution in [0.4, 0.5) is 5.82 Å². The standard InChI is InChI=1S/C14H25N3/c1-10(2)8-16-9-11(3)7-13-12(4)5-6-17-14(13)15/h5-6,10-11,16H,7-9H2,1-4H3,(H2,15,17). The molecule has 0 saturated heterocycles. The number of pyridine rings is 1. The van der Waals surface area contributed by atoms with Crippen LogP contribution in [0.2, 0.25) is 0 Å². The topological polar surface area (TPSA) is 50.9 Å². The van der Waals surface area contributed by atoms with Crippen LogP contribution < -0.4 is 11.1 Å². The van der Waals surface area contributed by atoms with E-state index in [-0.39, 0.29) is 0 Å². The number of hydrogen-bond acceptors (Lipinski definition) is 3. The zero-order valence-electron chi connectivity index (χ0n) is 11.5. The summed E-state index contributed by atoms with van der Waals surface area (Å²) in [7, 11) is 0. The van der Waals surface area contributed by atoms with Crippen LogP contribution >= 0.6 is 0 Å². The fourth-order valence-corrected chi connectivity index (χ4v) is 1.91. The van der Waals surface area contributed by atoms with E-state index in [1.165, 1.54) is 11.1 Å². The zero-order valence-corrected chi connectivity index (χ0v) is 11.5. The Balaban J connectivity index is 2.47. The number of anilines is 1. The minimum absolute atomic E-state index is 0.582. The molecule has 1 aromatic heterocycles. The van der Waals surface area contributed by atoms with Gasteiger partial charge in [0.1, 0.15) is 5.82 Å². The van der Waals surface area contributed by atoms with Gasteiger partial charge in [0, 0.05) is 6.20 Å². The smallest absolute Gasteiger partial charge is 0.126 e. The van der Waals surface area contributed by atoms with Gasteiger partial charge in [0.25, 0.3) is 0 Å². The van der Waals surface area contributed by atoms with E-state index in [2.05, 4.69) is 38.0 Å². The van der Waals surface area contributed by atoms with Gasteiger partial charge >= 0.3 is 0 Å². The summed E-state index contributed by atoms with van der Waals surface area (Å²) in [5.74, 6) is 1.96. The first-order chi connectivity index (χ1) is 8.00. The van der Waals surface area contributed by atoms with Gasteiger partial charge in [-0.15, -0.1) is 0 Å². The third kappa shape index (κ3) is 4.73. The molecule has 0 aliphatic heterocycles. The van der Waals surface area contributed by atoms with Crippen LogP contribution in [0.15, 0.2) is 12.3 Å². The Kier molecular flexibility index (Phi) is 5.42. The maximum atomic E-state index is 5.92. The van der Waals surface area contributed by atoms with Crippen molar-refractivity contribution in [2.24, 2.45) is 11.8 Å². The Hall–Kier alpha value is -1.09. The van der Waals surface area contributed by atoms with E-state index < -0.39 is 0 Å². The molecular formula is C14H25N3. The highest BCUT2D eigenvalue weighted by atomic mass is 14.9. The van der Waals surface area contributed by atoms with Crippen molar-refractivity contribution in [1.82, 2.24) is 10.3 Å². The van der Waals surface area contributed by atoms with Crippen LogP contribution in [-0.2, 0) is 6.42 Å². The summed E-state index contributed by atoms with van der Waals surface area (Å²) in [6.45, 7) is 10.9. The summed E-state index contributed by atoms with van der Waals surface area (Å²) < 4.78 is 0. The van der Waals surface area contributed by atoms with Crippen molar-refractivity contribution in [3.05, 3.63) is 23.4 Å². The first-order valence-corrected chi connectivity index (χ1v) is 6.41. The molecule has 1 rings (SSSR count). The molecule has 0 amide bonds. The van der Waals surface area contributed by atoms with Crippen molar-refractivity contribution in [1.29, 1.82) is 0 Å². The van der Waals surface area contributed by atoms with E-state index in [4.69, 9.17) is 5.73 Å². The fraction of sp³-hybridized carbons (Fsp3) is 0.643. The first kappa shape index (κ1) is 14.0. The summed E-state index contributed by atoms with van der Waals surface area (Å²) in [4.78, 5) is 4.16. The lowest BCUT2D eigenvalue weighted by Gasteiger charge is -2.16. The van der Waals surface area contributed by atoms with Gasteiger partial charge in [-0.1, -0.05) is 20.8 Å². The molecule has 0 spiro atoms. The molecule has 1 heterocycles. The minimum Gasteiger partial charge on any atom is -0.383 e. The van der Waals surface area contributed by atoms with Crippen molar-refractivity contribution in [2.45, 2.75) is 34.1 Å². The highest BCUT2D eigenvalue weighted by Crippen LogP contribution is 2.17. The number of aromatic nitrogens is 1. The second-order valence-corrected chi connectivity index (χ2v) is 5.35. The van der Waals surface area contributed by atoms with E-state index in [1.807, 2.05) is 6.07 Å². The first-order valence-electron chi connectivity index (χ1n) is 6.41. The van der Waals surface area contributed by atoms with Gasteiger partial charge < -0.3 is 11.1 Å². The molecule has 3 nitrogen and oxygen atoms in total. The molecule has 1 unspecified atom stereocenters. The monoisotopic (exact) mass is 235 g/mol. The van der Waals surface area contributed by atoms with Crippen LogP contribution in [0.25, 0.3) is 0 Å². The van der Waals surface area contributed by atoms with E-state index in [9.17, 15) is 0 Å². The Bertz CT molecular complexity index is 327. The van der Waals surface area contributed by atoms with Crippen LogP contribution in [-0.4, -0.2) is 18.1 Å². The van der Waals surface area contributed by atoms with Gasteiger partial charge in [0.2, 0.25) is 0 Å². The van der Waals surface area contributed by atoms with Crippen molar-refractivity contribution in [3.8, 4) is 0 Å². The molecular weight excluding hydrogens is 210 g/mol. The lowest BCUT2D eigenvalue weighted by atomic mass is 9.98. The second kappa shape index (κ2) is 6.60. The molecule has 3 heteroatoms. The largest absolute Gasteiger partial charge is 0.383 e. The Morgan fingerprint density at radius 3 is 2.59 bits per heavy atom. The summed E-state index contributed by atoms with van der Waals surface area (Å²) in [5, 5.41) is 3.48. The molecule has 96 valence electrons. The average Bonchev–Trinajstić information content (AvgIpc) is 2.23. The Morgan fingerprint density at radius 1 is 1.29 bits per heavy atom. The predicted molar refractivity (Wildman–Crippen MR) is 74.0 cm³/mol. The SMILES string of the molecule is Cc1ccnc(N)c1CC(C)CNCC(C)C. The van der Waals surface area contributed by atoms with Crippen molar-refractivity contribution in [3.63, 3.8) is 0 Å². The number of nitrogen functional groups attached to an aromatic ring is 1. The number of nitrogens with zero attached hydrogens (tertiary/aromatic N) is 1. The van der Waals surface area contributed by atoms with Gasteiger partial charge in [0.15, 0.2) is 0 Å². The number of aryl methyl sites for hydroxylation is 1. The lowest BCUT2D eigenvalue weighted by Crippen LogP contribution is -2.26. The third-order valence-electron chi connectivity index (χ3n) is 2.92. The summed E-state index contributed by atoms with van der Waals surface area (Å²) in [5.41, 5.74) is 8.36. The van der Waals surface area contributed by atoms with E-state index in [0.29, 0.717) is 17.7 Å². The lowest BCUT2D eigenvalue weighted by molar-refractivity contribution is 0.473. The maximum Gasteiger partial charge on any atom is 0.126 e. The number of hydrogen-bond donors (Lipinski definition) is 2. The molecule has 3 N–H and O–H groups in total. The normalized spacial score (nSPS) is 13.0. The zero-order chi connectivity index (χ0) is 12.8. The van der Waals surface area contributed by atoms with E-state index in [1.54, 1.807) is 6.20 Å². The molecule has 0 aromatic carbocycles. The van der Waals surface area contributed by atoms with Crippen molar-refractivity contribution in [2.75, 3.05) is 18.8 Å². The molecule has 0 aliphatic carbocycles.